The lowest BCUT2D eigenvalue weighted by atomic mass is 9.96. The molecule has 0 amide bonds. The van der Waals surface area contributed by atoms with E-state index >= 15 is 0 Å². The molecular formula is C14H22N2O. The minimum Gasteiger partial charge on any atom is -0.381 e. The minimum atomic E-state index is 0.279. The number of benzene rings is 1. The maximum absolute atomic E-state index is 6.15. The summed E-state index contributed by atoms with van der Waals surface area (Å²) in [5.41, 5.74) is 7.42. The topological polar surface area (TPSA) is 38.5 Å². The first-order chi connectivity index (χ1) is 8.31. The number of nitrogens with zero attached hydrogens (tertiary/aromatic N) is 1. The van der Waals surface area contributed by atoms with E-state index in [1.165, 1.54) is 5.69 Å². The molecule has 0 radical (unpaired) electrons. The van der Waals surface area contributed by atoms with E-state index in [2.05, 4.69) is 36.1 Å². The van der Waals surface area contributed by atoms with Gasteiger partial charge in [-0.05, 0) is 25.5 Å². The Hall–Kier alpha value is -1.06. The van der Waals surface area contributed by atoms with Crippen molar-refractivity contribution in [3.63, 3.8) is 0 Å². The molecule has 1 aliphatic rings. The van der Waals surface area contributed by atoms with E-state index in [1.54, 1.807) is 0 Å². The van der Waals surface area contributed by atoms with Gasteiger partial charge in [-0.2, -0.15) is 0 Å². The van der Waals surface area contributed by atoms with Gasteiger partial charge in [0.2, 0.25) is 0 Å². The van der Waals surface area contributed by atoms with Crippen LogP contribution in [-0.2, 0) is 4.74 Å². The van der Waals surface area contributed by atoms with Gasteiger partial charge < -0.3 is 15.4 Å². The number of nitrogens with two attached hydrogens (primary N) is 1. The Morgan fingerprint density at radius 3 is 2.76 bits per heavy atom. The molecule has 1 aromatic carbocycles. The molecule has 3 heteroatoms. The van der Waals surface area contributed by atoms with Crippen molar-refractivity contribution in [2.24, 2.45) is 11.7 Å². The van der Waals surface area contributed by atoms with Crippen LogP contribution in [0, 0.1) is 5.92 Å². The summed E-state index contributed by atoms with van der Waals surface area (Å²) in [6, 6.07) is 10.8. The number of rotatable bonds is 4. The largest absolute Gasteiger partial charge is 0.381 e. The quantitative estimate of drug-likeness (QED) is 0.864. The van der Waals surface area contributed by atoms with Gasteiger partial charge in [-0.1, -0.05) is 18.2 Å². The minimum absolute atomic E-state index is 0.279. The summed E-state index contributed by atoms with van der Waals surface area (Å²) in [4.78, 5) is 2.37. The lowest BCUT2D eigenvalue weighted by Gasteiger charge is -2.34. The Balaban J connectivity index is 1.99. The highest BCUT2D eigenvalue weighted by Crippen LogP contribution is 2.19. The molecule has 3 nitrogen and oxygen atoms in total. The van der Waals surface area contributed by atoms with Crippen molar-refractivity contribution in [2.75, 3.05) is 31.2 Å². The summed E-state index contributed by atoms with van der Waals surface area (Å²) in [5, 5.41) is 0. The van der Waals surface area contributed by atoms with Crippen LogP contribution >= 0.6 is 0 Å². The van der Waals surface area contributed by atoms with E-state index in [1.807, 2.05) is 6.07 Å². The predicted molar refractivity (Wildman–Crippen MR) is 71.2 cm³/mol. The van der Waals surface area contributed by atoms with Crippen molar-refractivity contribution in [3.8, 4) is 0 Å². The van der Waals surface area contributed by atoms with E-state index in [0.717, 1.165) is 32.7 Å². The van der Waals surface area contributed by atoms with Gasteiger partial charge in [0.15, 0.2) is 0 Å². The van der Waals surface area contributed by atoms with E-state index < -0.39 is 0 Å². The molecule has 1 aromatic rings. The van der Waals surface area contributed by atoms with Crippen LogP contribution in [0.2, 0.25) is 0 Å². The van der Waals surface area contributed by atoms with Crippen molar-refractivity contribution >= 4 is 5.69 Å². The monoisotopic (exact) mass is 234 g/mol. The van der Waals surface area contributed by atoms with E-state index in [9.17, 15) is 0 Å². The fourth-order valence-corrected chi connectivity index (χ4v) is 2.34. The van der Waals surface area contributed by atoms with Gasteiger partial charge >= 0.3 is 0 Å². The van der Waals surface area contributed by atoms with Crippen molar-refractivity contribution in [1.29, 1.82) is 0 Å². The zero-order valence-electron chi connectivity index (χ0n) is 10.5. The average Bonchev–Trinajstić information content (AvgIpc) is 2.39. The van der Waals surface area contributed by atoms with Gasteiger partial charge in [-0.15, -0.1) is 0 Å². The number of hydrogen-bond acceptors (Lipinski definition) is 3. The Labute approximate surface area is 104 Å². The molecule has 0 aliphatic carbocycles. The van der Waals surface area contributed by atoms with E-state index in [-0.39, 0.29) is 6.04 Å². The normalized spacial score (nSPS) is 24.6. The molecule has 2 unspecified atom stereocenters. The van der Waals surface area contributed by atoms with Gasteiger partial charge in [0.1, 0.15) is 0 Å². The third kappa shape index (κ3) is 3.20. The second-order valence-corrected chi connectivity index (χ2v) is 4.66. The summed E-state index contributed by atoms with van der Waals surface area (Å²) in [6.07, 6.45) is 0.983. The van der Waals surface area contributed by atoms with Crippen LogP contribution in [0.15, 0.2) is 30.3 Å². The van der Waals surface area contributed by atoms with Crippen LogP contribution in [-0.4, -0.2) is 32.3 Å². The smallest absolute Gasteiger partial charge is 0.0526 e. The molecule has 0 aromatic heterocycles. The lowest BCUT2D eigenvalue weighted by Crippen LogP contribution is -2.45. The molecule has 2 atom stereocenters. The molecule has 2 N–H and O–H groups in total. The molecule has 1 saturated heterocycles. The molecular weight excluding hydrogens is 212 g/mol. The third-order valence-corrected chi connectivity index (χ3v) is 3.49. The highest BCUT2D eigenvalue weighted by molar-refractivity contribution is 5.45. The number of para-hydroxylation sites is 1. The first-order valence-electron chi connectivity index (χ1n) is 6.44. The molecule has 94 valence electrons. The molecule has 17 heavy (non-hydrogen) atoms. The van der Waals surface area contributed by atoms with Crippen molar-refractivity contribution in [2.45, 2.75) is 19.4 Å². The van der Waals surface area contributed by atoms with Crippen LogP contribution in [0.25, 0.3) is 0 Å². The number of ether oxygens (including phenoxy) is 1. The first-order valence-corrected chi connectivity index (χ1v) is 6.44. The summed E-state index contributed by atoms with van der Waals surface area (Å²) in [5.74, 6) is 0.448. The molecule has 0 spiro atoms. The van der Waals surface area contributed by atoms with Crippen LogP contribution in [0.1, 0.15) is 13.3 Å². The Bertz CT molecular complexity index is 328. The Morgan fingerprint density at radius 1 is 1.35 bits per heavy atom. The van der Waals surface area contributed by atoms with Gasteiger partial charge in [0, 0.05) is 37.3 Å². The molecule has 1 aliphatic heterocycles. The standard InChI is InChI=1S/C14H22N2O/c1-2-16(13-6-4-3-5-7-13)10-12-11-17-9-8-14(12)15/h3-7,12,14H,2,8-11,15H2,1H3. The van der Waals surface area contributed by atoms with Crippen molar-refractivity contribution < 1.29 is 4.74 Å². The maximum atomic E-state index is 6.15. The second kappa shape index (κ2) is 6.03. The highest BCUT2D eigenvalue weighted by atomic mass is 16.5. The zero-order chi connectivity index (χ0) is 12.1. The van der Waals surface area contributed by atoms with Crippen LogP contribution in [0.3, 0.4) is 0 Å². The lowest BCUT2D eigenvalue weighted by molar-refractivity contribution is 0.0447. The third-order valence-electron chi connectivity index (χ3n) is 3.49. The van der Waals surface area contributed by atoms with Crippen LogP contribution in [0.4, 0.5) is 5.69 Å². The Morgan fingerprint density at radius 2 is 2.12 bits per heavy atom. The van der Waals surface area contributed by atoms with E-state index in [4.69, 9.17) is 10.5 Å². The maximum Gasteiger partial charge on any atom is 0.0526 e. The summed E-state index contributed by atoms with van der Waals surface area (Å²) < 4.78 is 5.53. The van der Waals surface area contributed by atoms with Gasteiger partial charge in [-0.3, -0.25) is 0 Å². The summed E-state index contributed by atoms with van der Waals surface area (Å²) in [7, 11) is 0. The SMILES string of the molecule is CCN(CC1COCCC1N)c1ccccc1. The van der Waals surface area contributed by atoms with Gasteiger partial charge in [0.25, 0.3) is 0 Å². The molecule has 1 heterocycles. The fourth-order valence-electron chi connectivity index (χ4n) is 2.34. The first kappa shape index (κ1) is 12.4. The van der Waals surface area contributed by atoms with Gasteiger partial charge in [-0.25, -0.2) is 0 Å². The molecule has 2 rings (SSSR count). The molecule has 0 bridgehead atoms. The molecule has 0 saturated carbocycles. The van der Waals surface area contributed by atoms with Crippen LogP contribution in [0.5, 0.6) is 0 Å². The van der Waals surface area contributed by atoms with Crippen LogP contribution < -0.4 is 10.6 Å². The Kier molecular flexibility index (Phi) is 4.40. The average molecular weight is 234 g/mol. The molecule has 1 fully saturated rings. The summed E-state index contributed by atoms with van der Waals surface area (Å²) >= 11 is 0. The predicted octanol–water partition coefficient (Wildman–Crippen LogP) is 1.88. The van der Waals surface area contributed by atoms with Crippen molar-refractivity contribution in [1.82, 2.24) is 0 Å². The second-order valence-electron chi connectivity index (χ2n) is 4.66. The fraction of sp³-hybridized carbons (Fsp3) is 0.571. The number of anilines is 1. The van der Waals surface area contributed by atoms with E-state index in [0.29, 0.717) is 5.92 Å². The zero-order valence-corrected chi connectivity index (χ0v) is 10.5. The highest BCUT2D eigenvalue weighted by Gasteiger charge is 2.24. The number of hydrogen-bond donors (Lipinski definition) is 1. The van der Waals surface area contributed by atoms with Gasteiger partial charge in [0.05, 0.1) is 6.61 Å². The summed E-state index contributed by atoms with van der Waals surface area (Å²) in [6.45, 7) is 5.79. The van der Waals surface area contributed by atoms with Crippen molar-refractivity contribution in [3.05, 3.63) is 30.3 Å².